The molecule has 2 fully saturated rings. The zero-order chi connectivity index (χ0) is 13.4. The van der Waals surface area contributed by atoms with E-state index in [1.807, 2.05) is 0 Å². The molecule has 1 heterocycles. The van der Waals surface area contributed by atoms with E-state index in [2.05, 4.69) is 65.7 Å². The van der Waals surface area contributed by atoms with E-state index in [1.165, 1.54) is 24.8 Å². The molecular formula is C18H19NO. The second-order valence-corrected chi connectivity index (χ2v) is 5.76. The van der Waals surface area contributed by atoms with Gasteiger partial charge in [0.2, 0.25) is 0 Å². The highest BCUT2D eigenvalue weighted by atomic mass is 16.7. The minimum absolute atomic E-state index is 0.353. The van der Waals surface area contributed by atoms with Crippen molar-refractivity contribution >= 4 is 5.69 Å². The van der Waals surface area contributed by atoms with Gasteiger partial charge in [0.25, 0.3) is 0 Å². The Balaban J connectivity index is 1.74. The molecule has 0 N–H and O–H groups in total. The van der Waals surface area contributed by atoms with E-state index in [9.17, 15) is 0 Å². The molecule has 1 aliphatic carbocycles. The molecule has 2 aromatic rings. The van der Waals surface area contributed by atoms with Gasteiger partial charge in [-0.25, -0.2) is 5.06 Å². The average molecular weight is 265 g/mol. The average Bonchev–Trinajstić information content (AvgIpc) is 3.09. The molecule has 0 amide bonds. The Kier molecular flexibility index (Phi) is 2.96. The first-order valence-electron chi connectivity index (χ1n) is 7.49. The predicted molar refractivity (Wildman–Crippen MR) is 80.3 cm³/mol. The van der Waals surface area contributed by atoms with Crippen molar-refractivity contribution in [2.75, 3.05) is 5.06 Å². The van der Waals surface area contributed by atoms with Gasteiger partial charge in [0, 0.05) is 5.92 Å². The zero-order valence-electron chi connectivity index (χ0n) is 11.5. The Hall–Kier alpha value is -1.80. The van der Waals surface area contributed by atoms with Gasteiger partial charge in [0.15, 0.2) is 0 Å². The summed E-state index contributed by atoms with van der Waals surface area (Å²) < 4.78 is 0. The van der Waals surface area contributed by atoms with Gasteiger partial charge in [0.1, 0.15) is 0 Å². The molecule has 1 saturated heterocycles. The molecule has 20 heavy (non-hydrogen) atoms. The predicted octanol–water partition coefficient (Wildman–Crippen LogP) is 4.35. The molecule has 2 heteroatoms. The maximum absolute atomic E-state index is 6.27. The molecule has 3 atom stereocenters. The zero-order valence-corrected chi connectivity index (χ0v) is 11.5. The third kappa shape index (κ3) is 1.92. The summed E-state index contributed by atoms with van der Waals surface area (Å²) in [6.45, 7) is 0. The number of hydrogen-bond donors (Lipinski definition) is 0. The summed E-state index contributed by atoms with van der Waals surface area (Å²) in [5.74, 6) is 0.623. The highest BCUT2D eigenvalue weighted by Crippen LogP contribution is 2.48. The normalized spacial score (nSPS) is 28.6. The maximum Gasteiger partial charge on any atom is 0.0908 e. The van der Waals surface area contributed by atoms with E-state index in [1.54, 1.807) is 0 Å². The van der Waals surface area contributed by atoms with Crippen molar-refractivity contribution in [2.45, 2.75) is 31.4 Å². The minimum atomic E-state index is 0.353. The van der Waals surface area contributed by atoms with Gasteiger partial charge in [0.05, 0.1) is 17.8 Å². The fourth-order valence-corrected chi connectivity index (χ4v) is 3.66. The summed E-state index contributed by atoms with van der Waals surface area (Å²) in [7, 11) is 0. The van der Waals surface area contributed by atoms with Crippen LogP contribution in [0.4, 0.5) is 5.69 Å². The highest BCUT2D eigenvalue weighted by Gasteiger charge is 2.46. The lowest BCUT2D eigenvalue weighted by molar-refractivity contribution is 0.0780. The number of nitrogens with zero attached hydrogens (tertiary/aromatic N) is 1. The maximum atomic E-state index is 6.27. The first kappa shape index (κ1) is 12.0. The second kappa shape index (κ2) is 4.95. The molecule has 1 saturated carbocycles. The summed E-state index contributed by atoms with van der Waals surface area (Å²) in [6, 6.07) is 21.6. The van der Waals surface area contributed by atoms with Crippen LogP contribution < -0.4 is 5.06 Å². The Morgan fingerprint density at radius 1 is 0.850 bits per heavy atom. The largest absolute Gasteiger partial charge is 0.269 e. The number of rotatable bonds is 2. The smallest absolute Gasteiger partial charge is 0.0908 e. The van der Waals surface area contributed by atoms with Crippen LogP contribution >= 0.6 is 0 Å². The first-order chi connectivity index (χ1) is 9.93. The molecule has 2 aliphatic rings. The topological polar surface area (TPSA) is 12.5 Å². The van der Waals surface area contributed by atoms with E-state index in [0.717, 1.165) is 5.69 Å². The van der Waals surface area contributed by atoms with Crippen LogP contribution in [0.5, 0.6) is 0 Å². The summed E-state index contributed by atoms with van der Waals surface area (Å²) >= 11 is 0. The van der Waals surface area contributed by atoms with Gasteiger partial charge in [-0.3, -0.25) is 4.84 Å². The molecule has 0 aromatic heterocycles. The Morgan fingerprint density at radius 2 is 1.55 bits per heavy atom. The monoisotopic (exact) mass is 265 g/mol. The van der Waals surface area contributed by atoms with Crippen LogP contribution in [0.15, 0.2) is 60.7 Å². The van der Waals surface area contributed by atoms with Gasteiger partial charge in [-0.05, 0) is 30.5 Å². The summed E-state index contributed by atoms with van der Waals surface area (Å²) in [5.41, 5.74) is 2.53. The summed E-state index contributed by atoms with van der Waals surface area (Å²) in [4.78, 5) is 6.27. The molecule has 2 aromatic carbocycles. The molecule has 2 nitrogen and oxygen atoms in total. The fraction of sp³-hybridized carbons (Fsp3) is 0.333. The molecule has 0 spiro atoms. The Morgan fingerprint density at radius 3 is 2.30 bits per heavy atom. The van der Waals surface area contributed by atoms with Crippen molar-refractivity contribution in [3.8, 4) is 0 Å². The number of anilines is 1. The van der Waals surface area contributed by atoms with Crippen molar-refractivity contribution < 1.29 is 4.84 Å². The number of fused-ring (bicyclic) bond motifs is 1. The van der Waals surface area contributed by atoms with Gasteiger partial charge >= 0.3 is 0 Å². The number of hydrogen-bond acceptors (Lipinski definition) is 2. The lowest BCUT2D eigenvalue weighted by Crippen LogP contribution is -2.24. The second-order valence-electron chi connectivity index (χ2n) is 5.76. The van der Waals surface area contributed by atoms with Crippen LogP contribution in [-0.2, 0) is 4.84 Å². The molecule has 0 unspecified atom stereocenters. The Labute approximate surface area is 119 Å². The van der Waals surface area contributed by atoms with E-state index in [0.29, 0.717) is 18.1 Å². The lowest BCUT2D eigenvalue weighted by Gasteiger charge is -2.27. The first-order valence-corrected chi connectivity index (χ1v) is 7.49. The van der Waals surface area contributed by atoms with Crippen LogP contribution in [0.25, 0.3) is 0 Å². The lowest BCUT2D eigenvalue weighted by atomic mass is 9.91. The summed E-state index contributed by atoms with van der Waals surface area (Å²) in [5, 5.41) is 2.14. The molecule has 102 valence electrons. The third-order valence-electron chi connectivity index (χ3n) is 4.56. The van der Waals surface area contributed by atoms with Crippen LogP contribution in [0.1, 0.15) is 30.9 Å². The number of hydroxylamine groups is 1. The highest BCUT2D eigenvalue weighted by molar-refractivity contribution is 5.47. The van der Waals surface area contributed by atoms with Crippen LogP contribution in [0, 0.1) is 5.92 Å². The van der Waals surface area contributed by atoms with E-state index in [4.69, 9.17) is 4.84 Å². The standard InChI is InChI=1S/C18H19NO/c1-3-8-14(9-4-1)18-16-12-7-13-17(16)20-19(18)15-10-5-2-6-11-15/h1-6,8-11,16-18H,7,12-13H2/t16-,17-,18-/m1/s1. The van der Waals surface area contributed by atoms with Crippen molar-refractivity contribution in [1.82, 2.24) is 0 Å². The molecule has 1 aliphatic heterocycles. The van der Waals surface area contributed by atoms with Crippen molar-refractivity contribution in [2.24, 2.45) is 5.92 Å². The van der Waals surface area contributed by atoms with E-state index >= 15 is 0 Å². The van der Waals surface area contributed by atoms with E-state index < -0.39 is 0 Å². The molecular weight excluding hydrogens is 246 g/mol. The SMILES string of the molecule is c1ccc([C@@H]2[C@@H]3CCC[C@H]3ON2c2ccccc2)cc1. The van der Waals surface area contributed by atoms with Gasteiger partial charge < -0.3 is 0 Å². The van der Waals surface area contributed by atoms with Crippen LogP contribution in [-0.4, -0.2) is 6.10 Å². The van der Waals surface area contributed by atoms with Gasteiger partial charge in [-0.2, -0.15) is 0 Å². The van der Waals surface area contributed by atoms with Crippen molar-refractivity contribution in [3.63, 3.8) is 0 Å². The van der Waals surface area contributed by atoms with Crippen LogP contribution in [0.2, 0.25) is 0 Å². The molecule has 0 bridgehead atoms. The third-order valence-corrected chi connectivity index (χ3v) is 4.56. The number of para-hydroxylation sites is 1. The fourth-order valence-electron chi connectivity index (χ4n) is 3.66. The molecule has 0 radical (unpaired) electrons. The van der Waals surface area contributed by atoms with Crippen molar-refractivity contribution in [1.29, 1.82) is 0 Å². The molecule has 4 rings (SSSR count). The Bertz CT molecular complexity index is 568. The van der Waals surface area contributed by atoms with Gasteiger partial charge in [-0.1, -0.05) is 55.0 Å². The van der Waals surface area contributed by atoms with Crippen molar-refractivity contribution in [3.05, 3.63) is 66.2 Å². The summed E-state index contributed by atoms with van der Waals surface area (Å²) in [6.07, 6.45) is 4.15. The minimum Gasteiger partial charge on any atom is -0.269 e. The number of benzene rings is 2. The van der Waals surface area contributed by atoms with E-state index in [-0.39, 0.29) is 0 Å². The quantitative estimate of drug-likeness (QED) is 0.800. The van der Waals surface area contributed by atoms with Gasteiger partial charge in [-0.15, -0.1) is 0 Å². The van der Waals surface area contributed by atoms with Crippen LogP contribution in [0.3, 0.4) is 0 Å².